The molecule has 2 rings (SSSR count). The molecule has 1 fully saturated rings. The van der Waals surface area contributed by atoms with Gasteiger partial charge in [-0.15, -0.1) is 0 Å². The van der Waals surface area contributed by atoms with E-state index in [1.807, 2.05) is 0 Å². The molecule has 92 valence electrons. The molecule has 1 aliphatic heterocycles. The molecule has 0 aromatic carbocycles. The Bertz CT molecular complexity index is 389. The van der Waals surface area contributed by atoms with Crippen molar-refractivity contribution in [1.29, 1.82) is 0 Å². The monoisotopic (exact) mass is 237 g/mol. The summed E-state index contributed by atoms with van der Waals surface area (Å²) in [5.74, 6) is -0.103. The van der Waals surface area contributed by atoms with Crippen LogP contribution in [-0.2, 0) is 16.1 Å². The zero-order chi connectivity index (χ0) is 12.1. The summed E-state index contributed by atoms with van der Waals surface area (Å²) in [4.78, 5) is 28.6. The van der Waals surface area contributed by atoms with Crippen LogP contribution in [0.3, 0.4) is 0 Å². The molecule has 1 aliphatic rings. The van der Waals surface area contributed by atoms with Crippen molar-refractivity contribution in [3.05, 3.63) is 12.7 Å². The fourth-order valence-corrected chi connectivity index (χ4v) is 1.74. The van der Waals surface area contributed by atoms with Crippen molar-refractivity contribution in [3.8, 4) is 0 Å². The van der Waals surface area contributed by atoms with Gasteiger partial charge in [0.1, 0.15) is 12.7 Å². The van der Waals surface area contributed by atoms with Crippen LogP contribution < -0.4 is 5.32 Å². The Morgan fingerprint density at radius 2 is 2.41 bits per heavy atom. The van der Waals surface area contributed by atoms with Gasteiger partial charge < -0.3 is 10.2 Å². The van der Waals surface area contributed by atoms with Gasteiger partial charge in [-0.3, -0.25) is 14.3 Å². The highest BCUT2D eigenvalue weighted by molar-refractivity contribution is 5.85. The van der Waals surface area contributed by atoms with E-state index in [-0.39, 0.29) is 18.4 Å². The van der Waals surface area contributed by atoms with E-state index < -0.39 is 0 Å². The molecule has 1 N–H and O–H groups in total. The summed E-state index contributed by atoms with van der Waals surface area (Å²) < 4.78 is 1.61. The van der Waals surface area contributed by atoms with Gasteiger partial charge in [-0.2, -0.15) is 5.10 Å². The fraction of sp³-hybridized carbons (Fsp3) is 0.600. The van der Waals surface area contributed by atoms with Crippen molar-refractivity contribution in [2.45, 2.75) is 19.4 Å². The number of amides is 2. The number of nitrogens with one attached hydrogen (secondary N) is 1. The molecule has 0 radical (unpaired) electrons. The van der Waals surface area contributed by atoms with Gasteiger partial charge in [0.25, 0.3) is 0 Å². The van der Waals surface area contributed by atoms with Gasteiger partial charge in [-0.25, -0.2) is 4.98 Å². The zero-order valence-corrected chi connectivity index (χ0v) is 9.50. The molecule has 1 aromatic heterocycles. The summed E-state index contributed by atoms with van der Waals surface area (Å²) in [6.45, 7) is 1.94. The molecule has 7 nitrogen and oxygen atoms in total. The third-order valence-corrected chi connectivity index (χ3v) is 2.64. The van der Waals surface area contributed by atoms with E-state index in [0.29, 0.717) is 26.1 Å². The van der Waals surface area contributed by atoms with E-state index >= 15 is 0 Å². The Labute approximate surface area is 98.8 Å². The van der Waals surface area contributed by atoms with E-state index in [4.69, 9.17) is 0 Å². The average molecular weight is 237 g/mol. The maximum absolute atomic E-state index is 11.9. The van der Waals surface area contributed by atoms with Crippen LogP contribution in [0, 0.1) is 0 Å². The third kappa shape index (κ3) is 3.27. The first kappa shape index (κ1) is 11.6. The molecular weight excluding hydrogens is 222 g/mol. The van der Waals surface area contributed by atoms with Crippen LogP contribution in [0.4, 0.5) is 0 Å². The summed E-state index contributed by atoms with van der Waals surface area (Å²) >= 11 is 0. The summed E-state index contributed by atoms with van der Waals surface area (Å²) in [5, 5.41) is 6.66. The van der Waals surface area contributed by atoms with Crippen LogP contribution in [0.2, 0.25) is 0 Å². The van der Waals surface area contributed by atoms with E-state index in [1.165, 1.54) is 6.33 Å². The molecular formula is C10H15N5O2. The van der Waals surface area contributed by atoms with Crippen molar-refractivity contribution in [2.24, 2.45) is 0 Å². The minimum absolute atomic E-state index is 0.0162. The predicted molar refractivity (Wildman–Crippen MR) is 58.8 cm³/mol. The Morgan fingerprint density at radius 3 is 3.18 bits per heavy atom. The normalized spacial score (nSPS) is 16.5. The number of carbonyl (C=O) groups is 2. The van der Waals surface area contributed by atoms with Gasteiger partial charge in [-0.05, 0) is 6.42 Å². The van der Waals surface area contributed by atoms with Crippen molar-refractivity contribution in [1.82, 2.24) is 25.0 Å². The summed E-state index contributed by atoms with van der Waals surface area (Å²) in [6.07, 6.45) is 4.16. The second-order valence-electron chi connectivity index (χ2n) is 3.93. The number of carbonyl (C=O) groups excluding carboxylic acids is 2. The highest BCUT2D eigenvalue weighted by atomic mass is 16.2. The van der Waals surface area contributed by atoms with E-state index in [1.54, 1.807) is 15.9 Å². The minimum atomic E-state index is -0.0865. The Morgan fingerprint density at radius 1 is 1.53 bits per heavy atom. The zero-order valence-electron chi connectivity index (χ0n) is 9.50. The number of hydrogen-bond donors (Lipinski definition) is 1. The molecule has 0 saturated carbocycles. The SMILES string of the molecule is O=C1CN(C(=O)CCn2cncn2)CCCN1. The molecule has 0 atom stereocenters. The molecule has 0 aliphatic carbocycles. The number of hydrogen-bond acceptors (Lipinski definition) is 4. The van der Waals surface area contributed by atoms with E-state index in [9.17, 15) is 9.59 Å². The van der Waals surface area contributed by atoms with Crippen molar-refractivity contribution in [2.75, 3.05) is 19.6 Å². The van der Waals surface area contributed by atoms with Crippen molar-refractivity contribution in [3.63, 3.8) is 0 Å². The molecule has 0 unspecified atom stereocenters. The van der Waals surface area contributed by atoms with Gasteiger partial charge in [0.05, 0.1) is 13.1 Å². The highest BCUT2D eigenvalue weighted by Crippen LogP contribution is 2.01. The van der Waals surface area contributed by atoms with Gasteiger partial charge in [-0.1, -0.05) is 0 Å². The molecule has 0 spiro atoms. The molecule has 17 heavy (non-hydrogen) atoms. The molecule has 7 heteroatoms. The summed E-state index contributed by atoms with van der Waals surface area (Å²) in [6, 6.07) is 0. The molecule has 1 aromatic rings. The first-order chi connectivity index (χ1) is 8.25. The lowest BCUT2D eigenvalue weighted by Crippen LogP contribution is -2.37. The standard InChI is InChI=1S/C10H15N5O2/c16-9-6-14(4-1-3-12-9)10(17)2-5-15-8-11-7-13-15/h7-8H,1-6H2,(H,12,16). The maximum Gasteiger partial charge on any atom is 0.239 e. The van der Waals surface area contributed by atoms with Crippen LogP contribution >= 0.6 is 0 Å². The van der Waals surface area contributed by atoms with Crippen molar-refractivity contribution < 1.29 is 9.59 Å². The lowest BCUT2D eigenvalue weighted by Gasteiger charge is -2.18. The van der Waals surface area contributed by atoms with Crippen molar-refractivity contribution >= 4 is 11.8 Å². The van der Waals surface area contributed by atoms with Crippen LogP contribution in [-0.4, -0.2) is 51.1 Å². The van der Waals surface area contributed by atoms with Crippen LogP contribution in [0.1, 0.15) is 12.8 Å². The van der Waals surface area contributed by atoms with Gasteiger partial charge in [0, 0.05) is 19.5 Å². The number of aryl methyl sites for hydroxylation is 1. The van der Waals surface area contributed by atoms with E-state index in [2.05, 4.69) is 15.4 Å². The summed E-state index contributed by atoms with van der Waals surface area (Å²) in [7, 11) is 0. The van der Waals surface area contributed by atoms with Gasteiger partial charge in [0.2, 0.25) is 11.8 Å². The summed E-state index contributed by atoms with van der Waals surface area (Å²) in [5.41, 5.74) is 0. The number of aromatic nitrogens is 3. The Kier molecular flexibility index (Phi) is 3.69. The lowest BCUT2D eigenvalue weighted by molar-refractivity contribution is -0.135. The lowest BCUT2D eigenvalue weighted by atomic mass is 10.3. The predicted octanol–water partition coefficient (Wildman–Crippen LogP) is -0.983. The van der Waals surface area contributed by atoms with Crippen LogP contribution in [0.5, 0.6) is 0 Å². The fourth-order valence-electron chi connectivity index (χ4n) is 1.74. The molecule has 0 bridgehead atoms. The highest BCUT2D eigenvalue weighted by Gasteiger charge is 2.19. The first-order valence-corrected chi connectivity index (χ1v) is 5.62. The largest absolute Gasteiger partial charge is 0.354 e. The second kappa shape index (κ2) is 5.42. The first-order valence-electron chi connectivity index (χ1n) is 5.62. The average Bonchev–Trinajstić information content (AvgIpc) is 2.74. The quantitative estimate of drug-likeness (QED) is 0.732. The molecule has 1 saturated heterocycles. The second-order valence-corrected chi connectivity index (χ2v) is 3.93. The topological polar surface area (TPSA) is 80.1 Å². The smallest absolute Gasteiger partial charge is 0.239 e. The Hall–Kier alpha value is -1.92. The van der Waals surface area contributed by atoms with Crippen LogP contribution in [0.15, 0.2) is 12.7 Å². The number of nitrogens with zero attached hydrogens (tertiary/aromatic N) is 4. The molecule has 2 heterocycles. The molecule has 2 amide bonds. The Balaban J connectivity index is 1.84. The van der Waals surface area contributed by atoms with Gasteiger partial charge >= 0.3 is 0 Å². The number of rotatable bonds is 3. The van der Waals surface area contributed by atoms with E-state index in [0.717, 1.165) is 6.42 Å². The third-order valence-electron chi connectivity index (χ3n) is 2.64. The van der Waals surface area contributed by atoms with Crippen LogP contribution in [0.25, 0.3) is 0 Å². The maximum atomic E-state index is 11.9. The minimum Gasteiger partial charge on any atom is -0.354 e. The van der Waals surface area contributed by atoms with Gasteiger partial charge in [0.15, 0.2) is 0 Å².